The van der Waals surface area contributed by atoms with Gasteiger partial charge in [0.2, 0.25) is 0 Å². The lowest BCUT2D eigenvalue weighted by molar-refractivity contribution is 0.780. The number of nitrogens with zero attached hydrogens (tertiary/aromatic N) is 1. The van der Waals surface area contributed by atoms with Crippen molar-refractivity contribution in [3.63, 3.8) is 0 Å². The minimum atomic E-state index is 0.553. The molecular formula is C16H23N3. The summed E-state index contributed by atoms with van der Waals surface area (Å²) in [4.78, 5) is 4.53. The summed E-state index contributed by atoms with van der Waals surface area (Å²) in [6.07, 6.45) is 3.80. The number of hydrogen-bond donors (Lipinski definition) is 2. The number of nitrogens with one attached hydrogen (secondary N) is 2. The van der Waals surface area contributed by atoms with E-state index in [0.717, 1.165) is 12.5 Å². The average molecular weight is 257 g/mol. The molecule has 3 nitrogen and oxygen atoms in total. The summed E-state index contributed by atoms with van der Waals surface area (Å²) < 4.78 is 0. The normalized spacial score (nSPS) is 26.1. The maximum absolute atomic E-state index is 4.53. The van der Waals surface area contributed by atoms with E-state index >= 15 is 0 Å². The number of guanidine groups is 1. The SMILES string of the molecule is CCN=C(NC1CC1)NC1CC1c1ccccc1C. The lowest BCUT2D eigenvalue weighted by atomic mass is 10.0. The molecule has 1 aromatic rings. The standard InChI is InChI=1S/C16H23N3/c1-3-17-16(18-12-8-9-12)19-15-10-14(15)13-7-5-4-6-11(13)2/h4-7,12,14-15H,3,8-10H2,1-2H3,(H2,17,18,19). The number of hydrogen-bond acceptors (Lipinski definition) is 1. The van der Waals surface area contributed by atoms with Crippen LogP contribution in [-0.2, 0) is 0 Å². The molecule has 0 bridgehead atoms. The quantitative estimate of drug-likeness (QED) is 0.642. The van der Waals surface area contributed by atoms with Crippen LogP contribution < -0.4 is 10.6 Å². The minimum absolute atomic E-state index is 0.553. The molecule has 2 saturated carbocycles. The van der Waals surface area contributed by atoms with Crippen molar-refractivity contribution in [3.05, 3.63) is 35.4 Å². The Morgan fingerprint density at radius 1 is 1.26 bits per heavy atom. The predicted molar refractivity (Wildman–Crippen MR) is 79.6 cm³/mol. The molecule has 19 heavy (non-hydrogen) atoms. The molecule has 0 radical (unpaired) electrons. The van der Waals surface area contributed by atoms with Gasteiger partial charge in [-0.3, -0.25) is 4.99 Å². The van der Waals surface area contributed by atoms with E-state index in [1.807, 2.05) is 0 Å². The molecule has 2 fully saturated rings. The second-order valence-corrected chi connectivity index (χ2v) is 5.69. The van der Waals surface area contributed by atoms with Crippen LogP contribution in [0.5, 0.6) is 0 Å². The summed E-state index contributed by atoms with van der Waals surface area (Å²) in [5.41, 5.74) is 2.89. The Morgan fingerprint density at radius 3 is 2.74 bits per heavy atom. The number of benzene rings is 1. The Morgan fingerprint density at radius 2 is 2.05 bits per heavy atom. The van der Waals surface area contributed by atoms with Gasteiger partial charge in [0.15, 0.2) is 5.96 Å². The number of aliphatic imine (C=N–C) groups is 1. The van der Waals surface area contributed by atoms with Crippen LogP contribution in [0.2, 0.25) is 0 Å². The van der Waals surface area contributed by atoms with Crippen molar-refractivity contribution in [3.8, 4) is 0 Å². The van der Waals surface area contributed by atoms with Gasteiger partial charge < -0.3 is 10.6 Å². The molecule has 2 aliphatic carbocycles. The van der Waals surface area contributed by atoms with Crippen LogP contribution in [0.4, 0.5) is 0 Å². The third-order valence-corrected chi connectivity index (χ3v) is 3.93. The van der Waals surface area contributed by atoms with Crippen LogP contribution in [0, 0.1) is 6.92 Å². The molecule has 0 spiro atoms. The van der Waals surface area contributed by atoms with E-state index in [0.29, 0.717) is 18.0 Å². The zero-order valence-electron chi connectivity index (χ0n) is 11.8. The molecule has 102 valence electrons. The molecule has 2 unspecified atom stereocenters. The predicted octanol–water partition coefficient (Wildman–Crippen LogP) is 2.57. The van der Waals surface area contributed by atoms with Crippen LogP contribution in [0.25, 0.3) is 0 Å². The highest BCUT2D eigenvalue weighted by Gasteiger charge is 2.40. The Hall–Kier alpha value is -1.51. The van der Waals surface area contributed by atoms with Crippen molar-refractivity contribution in [1.82, 2.24) is 10.6 Å². The van der Waals surface area contributed by atoms with Crippen LogP contribution in [0.3, 0.4) is 0 Å². The molecule has 2 atom stereocenters. The van der Waals surface area contributed by atoms with E-state index in [4.69, 9.17) is 0 Å². The first kappa shape index (κ1) is 12.5. The fraction of sp³-hybridized carbons (Fsp3) is 0.562. The Labute approximate surface area is 115 Å². The van der Waals surface area contributed by atoms with Crippen molar-refractivity contribution in [2.75, 3.05) is 6.54 Å². The van der Waals surface area contributed by atoms with E-state index in [-0.39, 0.29) is 0 Å². The Kier molecular flexibility index (Phi) is 3.45. The van der Waals surface area contributed by atoms with E-state index < -0.39 is 0 Å². The van der Waals surface area contributed by atoms with Gasteiger partial charge in [0.1, 0.15) is 0 Å². The Balaban J connectivity index is 1.59. The largest absolute Gasteiger partial charge is 0.354 e. The summed E-state index contributed by atoms with van der Waals surface area (Å²) in [6.45, 7) is 5.12. The highest BCUT2D eigenvalue weighted by molar-refractivity contribution is 5.81. The maximum atomic E-state index is 4.53. The van der Waals surface area contributed by atoms with Gasteiger partial charge in [-0.2, -0.15) is 0 Å². The zero-order valence-corrected chi connectivity index (χ0v) is 11.8. The van der Waals surface area contributed by atoms with Crippen molar-refractivity contribution in [2.45, 2.75) is 51.1 Å². The van der Waals surface area contributed by atoms with Crippen LogP contribution in [-0.4, -0.2) is 24.6 Å². The Bertz CT molecular complexity index is 477. The second kappa shape index (κ2) is 5.24. The molecule has 0 saturated heterocycles. The molecule has 2 N–H and O–H groups in total. The molecular weight excluding hydrogens is 234 g/mol. The molecule has 0 amide bonds. The van der Waals surface area contributed by atoms with Crippen LogP contribution in [0.1, 0.15) is 43.2 Å². The monoisotopic (exact) mass is 257 g/mol. The van der Waals surface area contributed by atoms with E-state index in [1.165, 1.54) is 30.4 Å². The van der Waals surface area contributed by atoms with Gasteiger partial charge in [0, 0.05) is 24.5 Å². The molecule has 1 aromatic carbocycles. The first-order valence-electron chi connectivity index (χ1n) is 7.41. The number of rotatable bonds is 4. The average Bonchev–Trinajstić information content (AvgIpc) is 3.28. The van der Waals surface area contributed by atoms with Gasteiger partial charge in [-0.15, -0.1) is 0 Å². The summed E-state index contributed by atoms with van der Waals surface area (Å²) in [5, 5.41) is 7.07. The summed E-state index contributed by atoms with van der Waals surface area (Å²) >= 11 is 0. The van der Waals surface area contributed by atoms with Crippen molar-refractivity contribution >= 4 is 5.96 Å². The molecule has 3 rings (SSSR count). The second-order valence-electron chi connectivity index (χ2n) is 5.69. The van der Waals surface area contributed by atoms with Crippen molar-refractivity contribution < 1.29 is 0 Å². The molecule has 0 heterocycles. The fourth-order valence-corrected chi connectivity index (χ4v) is 2.59. The van der Waals surface area contributed by atoms with Crippen molar-refractivity contribution in [1.29, 1.82) is 0 Å². The first-order chi connectivity index (χ1) is 9.28. The topological polar surface area (TPSA) is 36.4 Å². The van der Waals surface area contributed by atoms with Gasteiger partial charge in [-0.05, 0) is 44.2 Å². The molecule has 2 aliphatic rings. The van der Waals surface area contributed by atoms with Crippen LogP contribution >= 0.6 is 0 Å². The summed E-state index contributed by atoms with van der Waals surface area (Å²) in [5.74, 6) is 1.66. The molecule has 0 aromatic heterocycles. The minimum Gasteiger partial charge on any atom is -0.354 e. The van der Waals surface area contributed by atoms with Gasteiger partial charge in [0.05, 0.1) is 0 Å². The third-order valence-electron chi connectivity index (χ3n) is 3.93. The van der Waals surface area contributed by atoms with Crippen LogP contribution in [0.15, 0.2) is 29.3 Å². The molecule has 0 aliphatic heterocycles. The third kappa shape index (κ3) is 3.09. The lowest BCUT2D eigenvalue weighted by Crippen LogP contribution is -2.40. The van der Waals surface area contributed by atoms with Gasteiger partial charge in [-0.25, -0.2) is 0 Å². The number of aryl methyl sites for hydroxylation is 1. The van der Waals surface area contributed by atoms with Gasteiger partial charge in [0.25, 0.3) is 0 Å². The fourth-order valence-electron chi connectivity index (χ4n) is 2.59. The maximum Gasteiger partial charge on any atom is 0.191 e. The molecule has 3 heteroatoms. The highest BCUT2D eigenvalue weighted by atomic mass is 15.2. The first-order valence-corrected chi connectivity index (χ1v) is 7.41. The van der Waals surface area contributed by atoms with E-state index in [1.54, 1.807) is 0 Å². The lowest BCUT2D eigenvalue weighted by Gasteiger charge is -2.12. The zero-order chi connectivity index (χ0) is 13.2. The van der Waals surface area contributed by atoms with Gasteiger partial charge in [-0.1, -0.05) is 24.3 Å². The smallest absolute Gasteiger partial charge is 0.191 e. The summed E-state index contributed by atoms with van der Waals surface area (Å²) in [6, 6.07) is 9.93. The van der Waals surface area contributed by atoms with Crippen molar-refractivity contribution in [2.24, 2.45) is 4.99 Å². The highest BCUT2D eigenvalue weighted by Crippen LogP contribution is 2.42. The summed E-state index contributed by atoms with van der Waals surface area (Å²) in [7, 11) is 0. The van der Waals surface area contributed by atoms with Gasteiger partial charge >= 0.3 is 0 Å². The van der Waals surface area contributed by atoms with E-state index in [9.17, 15) is 0 Å². The van der Waals surface area contributed by atoms with E-state index in [2.05, 4.69) is 53.7 Å².